The molecule has 1 aromatic rings. The maximum Gasteiger partial charge on any atom is 0.0606 e. The standard InChI is InChI=1S/C28H43NO/c1-21(2)18-29-19-28(20-30-3)17-25(23-13-8-5-9-14-23)27-24(15-10-16-26(27)28)22-11-6-4-7-12-22/h10,15-17,21-23,29H,4-9,11-14,18-20H2,1-3H3. The molecule has 1 unspecified atom stereocenters. The van der Waals surface area contributed by atoms with Gasteiger partial charge in [-0.2, -0.15) is 0 Å². The molecular formula is C28H43NO. The highest BCUT2D eigenvalue weighted by Crippen LogP contribution is 2.51. The molecule has 2 fully saturated rings. The van der Waals surface area contributed by atoms with E-state index in [1.165, 1.54) is 64.2 Å². The van der Waals surface area contributed by atoms with E-state index in [4.69, 9.17) is 4.74 Å². The maximum atomic E-state index is 5.88. The minimum Gasteiger partial charge on any atom is -0.383 e. The fraction of sp³-hybridized carbons (Fsp3) is 0.714. The fourth-order valence-corrected chi connectivity index (χ4v) is 6.40. The minimum atomic E-state index is -0.0174. The maximum absolute atomic E-state index is 5.88. The highest BCUT2D eigenvalue weighted by Gasteiger charge is 2.42. The number of nitrogens with one attached hydrogen (secondary N) is 1. The van der Waals surface area contributed by atoms with Gasteiger partial charge in [0.2, 0.25) is 0 Å². The van der Waals surface area contributed by atoms with Gasteiger partial charge in [-0.25, -0.2) is 0 Å². The lowest BCUT2D eigenvalue weighted by Crippen LogP contribution is -2.40. The highest BCUT2D eigenvalue weighted by atomic mass is 16.5. The van der Waals surface area contributed by atoms with Gasteiger partial charge in [0.05, 0.1) is 12.0 Å². The topological polar surface area (TPSA) is 21.3 Å². The molecule has 0 saturated heterocycles. The Morgan fingerprint density at radius 3 is 2.27 bits per heavy atom. The molecule has 2 saturated carbocycles. The lowest BCUT2D eigenvalue weighted by molar-refractivity contribution is 0.150. The molecule has 1 aromatic carbocycles. The smallest absolute Gasteiger partial charge is 0.0606 e. The average molecular weight is 410 g/mol. The second-order valence-corrected chi connectivity index (χ2v) is 10.7. The van der Waals surface area contributed by atoms with Crippen LogP contribution in [0, 0.1) is 11.8 Å². The van der Waals surface area contributed by atoms with Crippen molar-refractivity contribution >= 4 is 5.57 Å². The first-order valence-electron chi connectivity index (χ1n) is 12.7. The van der Waals surface area contributed by atoms with Gasteiger partial charge in [-0.05, 0) is 72.2 Å². The van der Waals surface area contributed by atoms with Gasteiger partial charge in [0, 0.05) is 13.7 Å². The van der Waals surface area contributed by atoms with Gasteiger partial charge in [-0.15, -0.1) is 0 Å². The normalized spacial score (nSPS) is 25.5. The number of ether oxygens (including phenoxy) is 1. The zero-order chi connectivity index (χ0) is 21.0. The van der Waals surface area contributed by atoms with Crippen molar-refractivity contribution in [2.75, 3.05) is 26.8 Å². The second kappa shape index (κ2) is 10.0. The Labute approximate surface area is 184 Å². The van der Waals surface area contributed by atoms with E-state index in [-0.39, 0.29) is 5.41 Å². The number of hydrogen-bond acceptors (Lipinski definition) is 2. The Morgan fingerprint density at radius 2 is 1.63 bits per heavy atom. The van der Waals surface area contributed by atoms with Crippen LogP contribution in [-0.2, 0) is 10.2 Å². The monoisotopic (exact) mass is 409 g/mol. The Kier molecular flexibility index (Phi) is 7.36. The highest BCUT2D eigenvalue weighted by molar-refractivity contribution is 5.81. The predicted molar refractivity (Wildman–Crippen MR) is 128 cm³/mol. The average Bonchev–Trinajstić information content (AvgIpc) is 3.10. The summed E-state index contributed by atoms with van der Waals surface area (Å²) in [5.41, 5.74) is 6.50. The molecule has 0 aromatic heterocycles. The summed E-state index contributed by atoms with van der Waals surface area (Å²) in [6, 6.07) is 7.23. The lowest BCUT2D eigenvalue weighted by atomic mass is 9.75. The van der Waals surface area contributed by atoms with Gasteiger partial charge in [0.25, 0.3) is 0 Å². The van der Waals surface area contributed by atoms with Crippen LogP contribution < -0.4 is 5.32 Å². The van der Waals surface area contributed by atoms with Crippen molar-refractivity contribution in [2.24, 2.45) is 11.8 Å². The van der Waals surface area contributed by atoms with Crippen LogP contribution in [0.25, 0.3) is 5.57 Å². The Bertz CT molecular complexity index is 724. The largest absolute Gasteiger partial charge is 0.383 e. The van der Waals surface area contributed by atoms with Crippen LogP contribution in [0.1, 0.15) is 101 Å². The van der Waals surface area contributed by atoms with E-state index in [0.717, 1.165) is 31.5 Å². The number of benzene rings is 1. The zero-order valence-corrected chi connectivity index (χ0v) is 19.6. The summed E-state index contributed by atoms with van der Waals surface area (Å²) in [4.78, 5) is 0. The van der Waals surface area contributed by atoms with Gasteiger partial charge in [0.15, 0.2) is 0 Å². The van der Waals surface area contributed by atoms with Crippen LogP contribution in [0.5, 0.6) is 0 Å². The third kappa shape index (κ3) is 4.55. The molecule has 3 aliphatic rings. The Morgan fingerprint density at radius 1 is 0.967 bits per heavy atom. The molecule has 0 bridgehead atoms. The lowest BCUT2D eigenvalue weighted by Gasteiger charge is -2.31. The Hall–Kier alpha value is -1.12. The van der Waals surface area contributed by atoms with Crippen molar-refractivity contribution in [1.29, 1.82) is 0 Å². The number of allylic oxidation sites excluding steroid dienone is 1. The fourth-order valence-electron chi connectivity index (χ4n) is 6.40. The summed E-state index contributed by atoms with van der Waals surface area (Å²) in [5, 5.41) is 3.79. The Balaban J connectivity index is 1.76. The van der Waals surface area contributed by atoms with Crippen molar-refractivity contribution in [3.8, 4) is 0 Å². The zero-order valence-electron chi connectivity index (χ0n) is 19.6. The van der Waals surface area contributed by atoms with E-state index in [0.29, 0.717) is 5.92 Å². The molecular weight excluding hydrogens is 366 g/mol. The molecule has 0 aliphatic heterocycles. The SMILES string of the molecule is COCC1(CNCC(C)C)C=C(C2CCCCC2)c2c(C3CCCCC3)cccc21. The number of methoxy groups -OCH3 is 1. The van der Waals surface area contributed by atoms with Crippen LogP contribution in [0.4, 0.5) is 0 Å². The second-order valence-electron chi connectivity index (χ2n) is 10.7. The molecule has 2 nitrogen and oxygen atoms in total. The van der Waals surface area contributed by atoms with Crippen LogP contribution in [-0.4, -0.2) is 26.8 Å². The third-order valence-electron chi connectivity index (χ3n) is 7.84. The van der Waals surface area contributed by atoms with Crippen molar-refractivity contribution in [1.82, 2.24) is 5.32 Å². The first-order valence-corrected chi connectivity index (χ1v) is 12.7. The summed E-state index contributed by atoms with van der Waals surface area (Å²) < 4.78 is 5.88. The van der Waals surface area contributed by atoms with Crippen molar-refractivity contribution < 1.29 is 4.74 Å². The van der Waals surface area contributed by atoms with Gasteiger partial charge < -0.3 is 10.1 Å². The summed E-state index contributed by atoms with van der Waals surface area (Å²) in [5.74, 6) is 2.16. The molecule has 2 heteroatoms. The van der Waals surface area contributed by atoms with Crippen LogP contribution in [0.3, 0.4) is 0 Å². The molecule has 4 rings (SSSR count). The van der Waals surface area contributed by atoms with E-state index in [9.17, 15) is 0 Å². The minimum absolute atomic E-state index is 0.0174. The van der Waals surface area contributed by atoms with E-state index < -0.39 is 0 Å². The van der Waals surface area contributed by atoms with Gasteiger partial charge >= 0.3 is 0 Å². The number of rotatable bonds is 8. The van der Waals surface area contributed by atoms with Crippen molar-refractivity contribution in [2.45, 2.75) is 89.4 Å². The molecule has 0 heterocycles. The molecule has 0 radical (unpaired) electrons. The quantitative estimate of drug-likeness (QED) is 0.507. The first-order chi connectivity index (χ1) is 14.6. The predicted octanol–water partition coefficient (Wildman–Crippen LogP) is 6.84. The molecule has 166 valence electrons. The number of fused-ring (bicyclic) bond motifs is 1. The summed E-state index contributed by atoms with van der Waals surface area (Å²) >= 11 is 0. The van der Waals surface area contributed by atoms with Gasteiger partial charge in [-0.1, -0.05) is 76.6 Å². The third-order valence-corrected chi connectivity index (χ3v) is 7.84. The summed E-state index contributed by atoms with van der Waals surface area (Å²) in [7, 11) is 1.88. The van der Waals surface area contributed by atoms with Crippen molar-refractivity contribution in [3.05, 3.63) is 41.0 Å². The first kappa shape index (κ1) is 22.1. The van der Waals surface area contributed by atoms with Crippen molar-refractivity contribution in [3.63, 3.8) is 0 Å². The van der Waals surface area contributed by atoms with Crippen LogP contribution >= 0.6 is 0 Å². The number of hydrogen-bond donors (Lipinski definition) is 1. The van der Waals surface area contributed by atoms with Crippen LogP contribution in [0.15, 0.2) is 24.3 Å². The molecule has 0 spiro atoms. The van der Waals surface area contributed by atoms with Crippen LogP contribution in [0.2, 0.25) is 0 Å². The van der Waals surface area contributed by atoms with E-state index in [1.54, 1.807) is 22.3 Å². The van der Waals surface area contributed by atoms with E-state index in [1.807, 2.05) is 7.11 Å². The molecule has 30 heavy (non-hydrogen) atoms. The molecule has 0 amide bonds. The molecule has 3 aliphatic carbocycles. The molecule has 1 N–H and O–H groups in total. The van der Waals surface area contributed by atoms with E-state index >= 15 is 0 Å². The van der Waals surface area contributed by atoms with Gasteiger partial charge in [-0.3, -0.25) is 0 Å². The van der Waals surface area contributed by atoms with Gasteiger partial charge in [0.1, 0.15) is 0 Å². The summed E-state index contributed by atoms with van der Waals surface area (Å²) in [6.07, 6.45) is 16.6. The summed E-state index contributed by atoms with van der Waals surface area (Å²) in [6.45, 7) is 7.41. The van der Waals surface area contributed by atoms with E-state index in [2.05, 4.69) is 43.4 Å². The molecule has 1 atom stereocenters.